The quantitative estimate of drug-likeness (QED) is 0.619. The lowest BCUT2D eigenvalue weighted by Crippen LogP contribution is -2.31. The van der Waals surface area contributed by atoms with Gasteiger partial charge in [-0.1, -0.05) is 11.6 Å². The highest BCUT2D eigenvalue weighted by Crippen LogP contribution is 2.42. The monoisotopic (exact) mass is 438 g/mol. The molecule has 1 aliphatic rings. The number of β-amino-alcohol motifs (C(OH)–C–C–N with tert-alkyl or cyclic N) is 1. The van der Waals surface area contributed by atoms with Crippen LogP contribution in [0.5, 0.6) is 5.75 Å². The van der Waals surface area contributed by atoms with E-state index in [1.165, 1.54) is 38.4 Å². The van der Waals surface area contributed by atoms with Gasteiger partial charge in [-0.2, -0.15) is 0 Å². The Morgan fingerprint density at radius 1 is 1.23 bits per heavy atom. The number of furan rings is 1. The first-order valence-electron chi connectivity index (χ1n) is 8.73. The molecule has 2 N–H and O–H groups in total. The van der Waals surface area contributed by atoms with E-state index in [0.717, 1.165) is 0 Å². The molecule has 0 spiro atoms. The molecular weight excluding hydrogens is 420 g/mol. The van der Waals surface area contributed by atoms with Crippen LogP contribution < -0.4 is 10.1 Å². The van der Waals surface area contributed by atoms with E-state index < -0.39 is 17.8 Å². The molecule has 160 valence electrons. The highest BCUT2D eigenvalue weighted by Gasteiger charge is 2.35. The molecule has 2 heterocycles. The second kappa shape index (κ2) is 8.64. The lowest BCUT2D eigenvalue weighted by molar-refractivity contribution is -0.136. The van der Waals surface area contributed by atoms with Crippen LogP contribution in [0, 0.1) is 0 Å². The number of hydrogen-bond donors (Lipinski definition) is 2. The fourth-order valence-corrected chi connectivity index (χ4v) is 3.42. The Balaban J connectivity index is 2.09. The van der Waals surface area contributed by atoms with Crippen molar-refractivity contribution in [2.45, 2.75) is 0 Å². The average molecular weight is 439 g/mol. The average Bonchev–Trinajstić information content (AvgIpc) is 3.30. The standard InChI is InChI=1S/C19H19ClN2O8/c1-27-16-11(7-12-9(14(16)20)6-13(30-12)19(26)29-3)21-15-10(18(25)28-2)8-22(4-5-23)17(15)24/h6-7,21,23H,4-5,8H2,1-3H3. The number of rotatable bonds is 7. The predicted octanol–water partition coefficient (Wildman–Crippen LogP) is 1.55. The normalized spacial score (nSPS) is 13.8. The number of benzene rings is 1. The molecule has 2 aromatic rings. The Hall–Kier alpha value is -3.24. The van der Waals surface area contributed by atoms with E-state index in [4.69, 9.17) is 25.5 Å². The Morgan fingerprint density at radius 3 is 2.53 bits per heavy atom. The fraction of sp³-hybridized carbons (Fsp3) is 0.316. The molecule has 0 fully saturated rings. The van der Waals surface area contributed by atoms with Gasteiger partial charge in [0.05, 0.1) is 50.8 Å². The van der Waals surface area contributed by atoms with Crippen molar-refractivity contribution >= 4 is 46.1 Å². The first-order valence-corrected chi connectivity index (χ1v) is 9.11. The highest BCUT2D eigenvalue weighted by molar-refractivity contribution is 6.37. The van der Waals surface area contributed by atoms with Crippen molar-refractivity contribution in [1.82, 2.24) is 4.90 Å². The van der Waals surface area contributed by atoms with Gasteiger partial charge in [0.1, 0.15) is 11.3 Å². The van der Waals surface area contributed by atoms with E-state index in [9.17, 15) is 19.5 Å². The number of aliphatic hydroxyl groups excluding tert-OH is 1. The summed E-state index contributed by atoms with van der Waals surface area (Å²) in [4.78, 5) is 38.0. The van der Waals surface area contributed by atoms with Gasteiger partial charge < -0.3 is 34.0 Å². The van der Waals surface area contributed by atoms with Crippen molar-refractivity contribution in [3.8, 4) is 5.75 Å². The molecule has 0 saturated carbocycles. The molecule has 1 aromatic carbocycles. The Kier molecular flexibility index (Phi) is 6.18. The summed E-state index contributed by atoms with van der Waals surface area (Å²) in [5, 5.41) is 12.6. The van der Waals surface area contributed by atoms with Crippen molar-refractivity contribution in [2.75, 3.05) is 46.3 Å². The summed E-state index contributed by atoms with van der Waals surface area (Å²) >= 11 is 6.42. The fourth-order valence-electron chi connectivity index (χ4n) is 3.10. The largest absolute Gasteiger partial charge is 0.493 e. The van der Waals surface area contributed by atoms with E-state index in [1.54, 1.807) is 0 Å². The van der Waals surface area contributed by atoms with Gasteiger partial charge in [0, 0.05) is 24.1 Å². The van der Waals surface area contributed by atoms with Crippen LogP contribution in [0.15, 0.2) is 27.8 Å². The minimum atomic E-state index is -0.691. The molecule has 0 atom stereocenters. The van der Waals surface area contributed by atoms with Gasteiger partial charge >= 0.3 is 11.9 Å². The number of nitrogens with one attached hydrogen (secondary N) is 1. The van der Waals surface area contributed by atoms with Crippen molar-refractivity contribution in [3.63, 3.8) is 0 Å². The molecule has 1 aromatic heterocycles. The summed E-state index contributed by atoms with van der Waals surface area (Å²) in [6.07, 6.45) is 0. The molecule has 1 aliphatic heterocycles. The molecular formula is C19H19ClN2O8. The predicted molar refractivity (Wildman–Crippen MR) is 105 cm³/mol. The molecule has 3 rings (SSSR count). The molecule has 0 radical (unpaired) electrons. The SMILES string of the molecule is COC(=O)C1=C(Nc2cc3oc(C(=O)OC)cc3c(Cl)c2OC)C(=O)N(CCO)C1. The van der Waals surface area contributed by atoms with Crippen LogP contribution in [0.2, 0.25) is 5.02 Å². The summed E-state index contributed by atoms with van der Waals surface area (Å²) in [7, 11) is 3.80. The maximum Gasteiger partial charge on any atom is 0.373 e. The zero-order valence-electron chi connectivity index (χ0n) is 16.4. The molecule has 11 heteroatoms. The Bertz CT molecular complexity index is 1060. The highest BCUT2D eigenvalue weighted by atomic mass is 35.5. The van der Waals surface area contributed by atoms with Crippen LogP contribution in [-0.4, -0.2) is 68.9 Å². The smallest absolute Gasteiger partial charge is 0.373 e. The number of carbonyl (C=O) groups is 3. The van der Waals surface area contributed by atoms with Crippen molar-refractivity contribution in [3.05, 3.63) is 34.2 Å². The Morgan fingerprint density at radius 2 is 1.93 bits per heavy atom. The number of amides is 1. The first-order chi connectivity index (χ1) is 14.4. The number of aliphatic hydroxyl groups is 1. The molecule has 0 unspecified atom stereocenters. The van der Waals surface area contributed by atoms with Crippen LogP contribution in [0.25, 0.3) is 11.0 Å². The van der Waals surface area contributed by atoms with Crippen LogP contribution in [0.1, 0.15) is 10.6 Å². The van der Waals surface area contributed by atoms with Gasteiger partial charge in [0.25, 0.3) is 5.91 Å². The first kappa shape index (κ1) is 21.5. The van der Waals surface area contributed by atoms with Gasteiger partial charge in [-0.05, 0) is 0 Å². The summed E-state index contributed by atoms with van der Waals surface area (Å²) in [5.74, 6) is -1.77. The van der Waals surface area contributed by atoms with E-state index >= 15 is 0 Å². The number of methoxy groups -OCH3 is 3. The zero-order valence-corrected chi connectivity index (χ0v) is 17.2. The van der Waals surface area contributed by atoms with Gasteiger partial charge in [-0.25, -0.2) is 9.59 Å². The molecule has 1 amide bonds. The molecule has 30 heavy (non-hydrogen) atoms. The number of nitrogens with zero attached hydrogens (tertiary/aromatic N) is 1. The lowest BCUT2D eigenvalue weighted by atomic mass is 10.2. The lowest BCUT2D eigenvalue weighted by Gasteiger charge is -2.16. The minimum Gasteiger partial charge on any atom is -0.493 e. The summed E-state index contributed by atoms with van der Waals surface area (Å²) in [6.45, 7) is -0.251. The summed E-state index contributed by atoms with van der Waals surface area (Å²) in [5.41, 5.74) is 0.519. The van der Waals surface area contributed by atoms with Crippen LogP contribution >= 0.6 is 11.6 Å². The van der Waals surface area contributed by atoms with E-state index in [2.05, 4.69) is 10.1 Å². The number of ether oxygens (including phenoxy) is 3. The van der Waals surface area contributed by atoms with E-state index in [0.29, 0.717) is 5.39 Å². The van der Waals surface area contributed by atoms with Gasteiger partial charge in [0.15, 0.2) is 5.75 Å². The van der Waals surface area contributed by atoms with Crippen LogP contribution in [0.3, 0.4) is 0 Å². The third kappa shape index (κ3) is 3.66. The van der Waals surface area contributed by atoms with E-state index in [1.807, 2.05) is 0 Å². The number of fused-ring (bicyclic) bond motifs is 1. The topological polar surface area (TPSA) is 128 Å². The second-order valence-corrected chi connectivity index (χ2v) is 6.58. The number of esters is 2. The maximum atomic E-state index is 12.7. The molecule has 0 bridgehead atoms. The van der Waals surface area contributed by atoms with Gasteiger partial charge in [-0.3, -0.25) is 4.79 Å². The van der Waals surface area contributed by atoms with Crippen LogP contribution in [-0.2, 0) is 19.1 Å². The molecule has 0 aliphatic carbocycles. The minimum absolute atomic E-state index is 0.0278. The number of anilines is 1. The van der Waals surface area contributed by atoms with Crippen molar-refractivity contribution < 1.29 is 38.1 Å². The number of hydrogen-bond acceptors (Lipinski definition) is 9. The second-order valence-electron chi connectivity index (χ2n) is 6.21. The van der Waals surface area contributed by atoms with Gasteiger partial charge in [-0.15, -0.1) is 0 Å². The third-order valence-corrected chi connectivity index (χ3v) is 4.90. The van der Waals surface area contributed by atoms with Gasteiger partial charge in [0.2, 0.25) is 5.76 Å². The van der Waals surface area contributed by atoms with Crippen molar-refractivity contribution in [1.29, 1.82) is 0 Å². The van der Waals surface area contributed by atoms with E-state index in [-0.39, 0.29) is 58.8 Å². The van der Waals surface area contributed by atoms with Crippen LogP contribution in [0.4, 0.5) is 5.69 Å². The number of carbonyl (C=O) groups excluding carboxylic acids is 3. The zero-order chi connectivity index (χ0) is 22.0. The molecule has 10 nitrogen and oxygen atoms in total. The molecule has 0 saturated heterocycles. The van der Waals surface area contributed by atoms with Crippen molar-refractivity contribution in [2.24, 2.45) is 0 Å². The summed E-state index contributed by atoms with van der Waals surface area (Å²) < 4.78 is 20.3. The summed E-state index contributed by atoms with van der Waals surface area (Å²) in [6, 6.07) is 2.90. The Labute approximate surface area is 175 Å². The number of halogens is 1. The maximum absolute atomic E-state index is 12.7. The third-order valence-electron chi connectivity index (χ3n) is 4.52.